The van der Waals surface area contributed by atoms with E-state index in [-0.39, 0.29) is 5.78 Å². The van der Waals surface area contributed by atoms with Gasteiger partial charge in [0.15, 0.2) is 5.78 Å². The van der Waals surface area contributed by atoms with Crippen LogP contribution < -0.4 is 4.74 Å². The molecule has 0 N–H and O–H groups in total. The molecule has 0 amide bonds. The largest absolute Gasteiger partial charge is 0.490 e. The number of hydrogen-bond acceptors (Lipinski definition) is 2. The van der Waals surface area contributed by atoms with Crippen molar-refractivity contribution in [2.75, 3.05) is 6.61 Å². The Kier molecular flexibility index (Phi) is 4.31. The molecule has 102 valence electrons. The second kappa shape index (κ2) is 6.15. The van der Waals surface area contributed by atoms with E-state index in [2.05, 4.69) is 6.58 Å². The molecule has 0 saturated carbocycles. The van der Waals surface area contributed by atoms with Gasteiger partial charge in [0, 0.05) is 11.1 Å². The SMILES string of the molecule is C=CCOc1ccc(-c2ccc(C(C)=O)cc2F)cc1. The molecule has 0 radical (unpaired) electrons. The second-order valence-corrected chi connectivity index (χ2v) is 4.37. The molecule has 0 fully saturated rings. The second-order valence-electron chi connectivity index (χ2n) is 4.37. The molecule has 0 saturated heterocycles. The summed E-state index contributed by atoms with van der Waals surface area (Å²) in [6, 6.07) is 11.6. The summed E-state index contributed by atoms with van der Waals surface area (Å²) in [5.74, 6) is 0.149. The minimum absolute atomic E-state index is 0.149. The van der Waals surface area contributed by atoms with Crippen LogP contribution in [-0.4, -0.2) is 12.4 Å². The van der Waals surface area contributed by atoms with Crippen molar-refractivity contribution in [3.63, 3.8) is 0 Å². The molecule has 2 nitrogen and oxygen atoms in total. The number of hydrogen-bond donors (Lipinski definition) is 0. The fraction of sp³-hybridized carbons (Fsp3) is 0.118. The van der Waals surface area contributed by atoms with Crippen LogP contribution >= 0.6 is 0 Å². The number of halogens is 1. The average Bonchev–Trinajstić information content (AvgIpc) is 2.45. The van der Waals surface area contributed by atoms with Crippen molar-refractivity contribution in [1.82, 2.24) is 0 Å². The van der Waals surface area contributed by atoms with Crippen LogP contribution in [0.15, 0.2) is 55.1 Å². The highest BCUT2D eigenvalue weighted by molar-refractivity contribution is 5.94. The number of Topliss-reactive ketones (excluding diaryl/α,β-unsaturated/α-hetero) is 1. The molecule has 2 aromatic rings. The molecule has 20 heavy (non-hydrogen) atoms. The van der Waals surface area contributed by atoms with E-state index in [1.807, 2.05) is 0 Å². The topological polar surface area (TPSA) is 26.3 Å². The molecule has 0 aliphatic heterocycles. The standard InChI is InChI=1S/C17H15FO2/c1-3-10-20-15-7-4-13(5-8-15)16-9-6-14(12(2)19)11-17(16)18/h3-9,11H,1,10H2,2H3. The summed E-state index contributed by atoms with van der Waals surface area (Å²) in [6.07, 6.45) is 1.66. The Morgan fingerprint density at radius 2 is 1.95 bits per heavy atom. The third-order valence-corrected chi connectivity index (χ3v) is 2.91. The van der Waals surface area contributed by atoms with Crippen LogP contribution in [-0.2, 0) is 0 Å². The molecule has 0 spiro atoms. The lowest BCUT2D eigenvalue weighted by atomic mass is 10.0. The van der Waals surface area contributed by atoms with Gasteiger partial charge < -0.3 is 4.74 Å². The van der Waals surface area contributed by atoms with Crippen LogP contribution in [0.4, 0.5) is 4.39 Å². The van der Waals surface area contributed by atoms with E-state index >= 15 is 0 Å². The quantitative estimate of drug-likeness (QED) is 0.599. The fourth-order valence-corrected chi connectivity index (χ4v) is 1.85. The Hall–Kier alpha value is -2.42. The summed E-state index contributed by atoms with van der Waals surface area (Å²) in [6.45, 7) is 5.42. The highest BCUT2D eigenvalue weighted by Gasteiger charge is 2.08. The van der Waals surface area contributed by atoms with E-state index < -0.39 is 5.82 Å². The summed E-state index contributed by atoms with van der Waals surface area (Å²) in [4.78, 5) is 11.2. The van der Waals surface area contributed by atoms with Crippen molar-refractivity contribution < 1.29 is 13.9 Å². The van der Waals surface area contributed by atoms with Gasteiger partial charge in [-0.25, -0.2) is 4.39 Å². The number of ketones is 1. The van der Waals surface area contributed by atoms with Gasteiger partial charge in [-0.1, -0.05) is 36.9 Å². The third-order valence-electron chi connectivity index (χ3n) is 2.91. The first-order valence-electron chi connectivity index (χ1n) is 6.26. The average molecular weight is 270 g/mol. The molecule has 2 aromatic carbocycles. The Balaban J connectivity index is 2.27. The van der Waals surface area contributed by atoms with E-state index in [9.17, 15) is 9.18 Å². The molecule has 3 heteroatoms. The minimum Gasteiger partial charge on any atom is -0.490 e. The first-order chi connectivity index (χ1) is 9.61. The number of carbonyl (C=O) groups excluding carboxylic acids is 1. The Bertz CT molecular complexity index is 630. The van der Waals surface area contributed by atoms with Crippen LogP contribution in [0.3, 0.4) is 0 Å². The van der Waals surface area contributed by atoms with Gasteiger partial charge in [0.2, 0.25) is 0 Å². The molecule has 0 bridgehead atoms. The van der Waals surface area contributed by atoms with Crippen molar-refractivity contribution >= 4 is 5.78 Å². The van der Waals surface area contributed by atoms with E-state index in [0.29, 0.717) is 23.5 Å². The van der Waals surface area contributed by atoms with E-state index in [1.54, 1.807) is 42.5 Å². The minimum atomic E-state index is -0.405. The van der Waals surface area contributed by atoms with Crippen molar-refractivity contribution in [1.29, 1.82) is 0 Å². The molecular weight excluding hydrogens is 255 g/mol. The summed E-state index contributed by atoms with van der Waals surface area (Å²) in [5.41, 5.74) is 1.58. The van der Waals surface area contributed by atoms with Crippen LogP contribution in [0, 0.1) is 5.82 Å². The van der Waals surface area contributed by atoms with Gasteiger partial charge in [-0.15, -0.1) is 0 Å². The maximum atomic E-state index is 14.0. The van der Waals surface area contributed by atoms with Crippen molar-refractivity contribution in [2.24, 2.45) is 0 Å². The molecule has 0 heterocycles. The number of carbonyl (C=O) groups is 1. The Morgan fingerprint density at radius 1 is 1.25 bits per heavy atom. The summed E-state index contributed by atoms with van der Waals surface area (Å²) in [7, 11) is 0. The van der Waals surface area contributed by atoms with Crippen molar-refractivity contribution in [2.45, 2.75) is 6.92 Å². The number of benzene rings is 2. The van der Waals surface area contributed by atoms with Gasteiger partial charge in [0.1, 0.15) is 18.2 Å². The Morgan fingerprint density at radius 3 is 2.50 bits per heavy atom. The predicted molar refractivity (Wildman–Crippen MR) is 77.5 cm³/mol. The zero-order chi connectivity index (χ0) is 14.5. The molecular formula is C17H15FO2. The first kappa shape index (κ1) is 14.0. The lowest BCUT2D eigenvalue weighted by molar-refractivity contribution is 0.101. The smallest absolute Gasteiger partial charge is 0.159 e. The van der Waals surface area contributed by atoms with Gasteiger partial charge in [0.25, 0.3) is 0 Å². The van der Waals surface area contributed by atoms with Gasteiger partial charge >= 0.3 is 0 Å². The molecule has 0 aliphatic carbocycles. The summed E-state index contributed by atoms with van der Waals surface area (Å²) >= 11 is 0. The number of ether oxygens (including phenoxy) is 1. The maximum absolute atomic E-state index is 14.0. The van der Waals surface area contributed by atoms with Crippen molar-refractivity contribution in [3.8, 4) is 16.9 Å². The lowest BCUT2D eigenvalue weighted by Gasteiger charge is -2.07. The molecule has 0 aliphatic rings. The zero-order valence-electron chi connectivity index (χ0n) is 11.2. The van der Waals surface area contributed by atoms with Gasteiger partial charge in [-0.2, -0.15) is 0 Å². The third kappa shape index (κ3) is 3.12. The molecule has 0 aromatic heterocycles. The normalized spacial score (nSPS) is 10.1. The van der Waals surface area contributed by atoms with Crippen LogP contribution in [0.25, 0.3) is 11.1 Å². The van der Waals surface area contributed by atoms with Crippen LogP contribution in [0.2, 0.25) is 0 Å². The zero-order valence-corrected chi connectivity index (χ0v) is 11.2. The lowest BCUT2D eigenvalue weighted by Crippen LogP contribution is -1.95. The van der Waals surface area contributed by atoms with E-state index in [4.69, 9.17) is 4.74 Å². The predicted octanol–water partition coefficient (Wildman–Crippen LogP) is 4.26. The summed E-state index contributed by atoms with van der Waals surface area (Å²) < 4.78 is 19.4. The fourth-order valence-electron chi connectivity index (χ4n) is 1.85. The van der Waals surface area contributed by atoms with Gasteiger partial charge in [-0.05, 0) is 30.7 Å². The van der Waals surface area contributed by atoms with Gasteiger partial charge in [-0.3, -0.25) is 4.79 Å². The summed E-state index contributed by atoms with van der Waals surface area (Å²) in [5, 5.41) is 0. The van der Waals surface area contributed by atoms with Gasteiger partial charge in [0.05, 0.1) is 0 Å². The van der Waals surface area contributed by atoms with E-state index in [0.717, 1.165) is 5.56 Å². The number of rotatable bonds is 5. The highest BCUT2D eigenvalue weighted by atomic mass is 19.1. The monoisotopic (exact) mass is 270 g/mol. The maximum Gasteiger partial charge on any atom is 0.159 e. The molecule has 2 rings (SSSR count). The molecule has 0 atom stereocenters. The van der Waals surface area contributed by atoms with E-state index in [1.165, 1.54) is 13.0 Å². The first-order valence-corrected chi connectivity index (χ1v) is 6.26. The van der Waals surface area contributed by atoms with Crippen LogP contribution in [0.5, 0.6) is 5.75 Å². The Labute approximate surface area is 117 Å². The highest BCUT2D eigenvalue weighted by Crippen LogP contribution is 2.26. The van der Waals surface area contributed by atoms with Crippen molar-refractivity contribution in [3.05, 3.63) is 66.5 Å². The molecule has 0 unspecified atom stereocenters. The van der Waals surface area contributed by atoms with Crippen LogP contribution in [0.1, 0.15) is 17.3 Å².